The van der Waals surface area contributed by atoms with Gasteiger partial charge in [0.1, 0.15) is 6.33 Å². The second-order valence-electron chi connectivity index (χ2n) is 7.16. The number of hydrogen-bond acceptors (Lipinski definition) is 6. The summed E-state index contributed by atoms with van der Waals surface area (Å²) in [4.78, 5) is 8.50. The molecule has 1 atom stereocenters. The Kier molecular flexibility index (Phi) is 3.36. The Morgan fingerprint density at radius 1 is 1.32 bits per heavy atom. The summed E-state index contributed by atoms with van der Waals surface area (Å²) in [5.41, 5.74) is 0.577. The summed E-state index contributed by atoms with van der Waals surface area (Å²) < 4.78 is 0. The van der Waals surface area contributed by atoms with E-state index >= 15 is 0 Å². The van der Waals surface area contributed by atoms with Crippen LogP contribution in [0.1, 0.15) is 37.7 Å². The molecule has 6 heteroatoms. The van der Waals surface area contributed by atoms with Crippen LogP contribution in [0.4, 0.5) is 5.82 Å². The van der Waals surface area contributed by atoms with Crippen LogP contribution >= 0.6 is 0 Å². The van der Waals surface area contributed by atoms with Crippen molar-refractivity contribution < 1.29 is 5.11 Å². The molecule has 2 aliphatic heterocycles. The van der Waals surface area contributed by atoms with Crippen molar-refractivity contribution in [1.29, 1.82) is 0 Å². The standard InChI is InChI=1S/C16H25N5O/c1-20-14-13(8-18-12-19-14)9-21(20)11-16(22)6-7-17-10-15(16)4-2-3-5-15/h8,12,17,22H,2-7,9-11H2,1H3. The lowest BCUT2D eigenvalue weighted by atomic mass is 9.66. The lowest BCUT2D eigenvalue weighted by molar-refractivity contribution is -0.121. The molecular weight excluding hydrogens is 278 g/mol. The van der Waals surface area contributed by atoms with Crippen LogP contribution in [0.15, 0.2) is 12.5 Å². The molecule has 1 unspecified atom stereocenters. The Morgan fingerprint density at radius 2 is 2.14 bits per heavy atom. The molecule has 1 aromatic rings. The third-order valence-electron chi connectivity index (χ3n) is 6.02. The molecule has 22 heavy (non-hydrogen) atoms. The highest BCUT2D eigenvalue weighted by Crippen LogP contribution is 2.50. The topological polar surface area (TPSA) is 64.5 Å². The summed E-state index contributed by atoms with van der Waals surface area (Å²) in [7, 11) is 2.03. The second kappa shape index (κ2) is 5.15. The number of hydrogen-bond donors (Lipinski definition) is 2. The average Bonchev–Trinajstić information content (AvgIpc) is 3.11. The van der Waals surface area contributed by atoms with Crippen LogP contribution in [0.2, 0.25) is 0 Å². The fourth-order valence-corrected chi connectivity index (χ4v) is 4.65. The van der Waals surface area contributed by atoms with E-state index in [4.69, 9.17) is 0 Å². The molecule has 2 fully saturated rings. The van der Waals surface area contributed by atoms with Crippen molar-refractivity contribution in [2.45, 2.75) is 44.2 Å². The lowest BCUT2D eigenvalue weighted by Crippen LogP contribution is -2.63. The Morgan fingerprint density at radius 3 is 2.91 bits per heavy atom. The number of aromatic nitrogens is 2. The quantitative estimate of drug-likeness (QED) is 0.847. The normalized spacial score (nSPS) is 30.9. The molecule has 1 saturated heterocycles. The van der Waals surface area contributed by atoms with Crippen molar-refractivity contribution in [3.05, 3.63) is 18.1 Å². The number of nitrogens with one attached hydrogen (secondary N) is 1. The zero-order valence-corrected chi connectivity index (χ0v) is 13.3. The second-order valence-corrected chi connectivity index (χ2v) is 7.16. The first-order valence-corrected chi connectivity index (χ1v) is 8.34. The summed E-state index contributed by atoms with van der Waals surface area (Å²) in [5.74, 6) is 0.966. The molecule has 3 heterocycles. The number of rotatable bonds is 2. The predicted molar refractivity (Wildman–Crippen MR) is 84.2 cm³/mol. The third kappa shape index (κ3) is 2.05. The predicted octanol–water partition coefficient (Wildman–Crippen LogP) is 0.928. The monoisotopic (exact) mass is 303 g/mol. The van der Waals surface area contributed by atoms with E-state index in [1.54, 1.807) is 6.33 Å². The van der Waals surface area contributed by atoms with Crippen molar-refractivity contribution in [2.75, 3.05) is 31.7 Å². The summed E-state index contributed by atoms with van der Waals surface area (Å²) in [6, 6.07) is 0. The van der Waals surface area contributed by atoms with E-state index in [9.17, 15) is 5.11 Å². The SMILES string of the molecule is CN1c2ncncc2CN1CC1(O)CCNCC12CCCC2. The van der Waals surface area contributed by atoms with Gasteiger partial charge in [-0.05, 0) is 25.8 Å². The van der Waals surface area contributed by atoms with E-state index < -0.39 is 5.60 Å². The number of piperidine rings is 1. The fraction of sp³-hybridized carbons (Fsp3) is 0.750. The van der Waals surface area contributed by atoms with E-state index in [0.29, 0.717) is 6.54 Å². The Hall–Kier alpha value is -1.24. The van der Waals surface area contributed by atoms with Gasteiger partial charge in [0.05, 0.1) is 5.60 Å². The van der Waals surface area contributed by atoms with Gasteiger partial charge in [0.15, 0.2) is 5.82 Å². The maximum atomic E-state index is 11.5. The Bertz CT molecular complexity index is 559. The van der Waals surface area contributed by atoms with Gasteiger partial charge in [-0.25, -0.2) is 15.0 Å². The van der Waals surface area contributed by atoms with Gasteiger partial charge in [-0.3, -0.25) is 5.01 Å². The van der Waals surface area contributed by atoms with Crippen LogP contribution in [-0.2, 0) is 6.54 Å². The maximum absolute atomic E-state index is 11.5. The first-order valence-electron chi connectivity index (χ1n) is 8.34. The minimum atomic E-state index is -0.613. The van der Waals surface area contributed by atoms with E-state index in [0.717, 1.165) is 50.3 Å². The first-order chi connectivity index (χ1) is 10.6. The molecule has 6 nitrogen and oxygen atoms in total. The average molecular weight is 303 g/mol. The minimum Gasteiger partial charge on any atom is -0.388 e. The van der Waals surface area contributed by atoms with Gasteiger partial charge in [0.25, 0.3) is 0 Å². The summed E-state index contributed by atoms with van der Waals surface area (Å²) in [6.07, 6.45) is 9.07. The molecule has 1 spiro atoms. The fourth-order valence-electron chi connectivity index (χ4n) is 4.65. The summed E-state index contributed by atoms with van der Waals surface area (Å²) in [5, 5.41) is 19.4. The summed E-state index contributed by atoms with van der Waals surface area (Å²) >= 11 is 0. The van der Waals surface area contributed by atoms with Gasteiger partial charge in [-0.15, -0.1) is 0 Å². The van der Waals surface area contributed by atoms with E-state index in [-0.39, 0.29) is 5.41 Å². The largest absolute Gasteiger partial charge is 0.388 e. The Labute approximate surface area is 131 Å². The van der Waals surface area contributed by atoms with E-state index in [2.05, 4.69) is 25.3 Å². The number of β-amino-alcohol motifs (C(OH)–C–C–N with tert-alkyl or cyclic N) is 1. The van der Waals surface area contributed by atoms with Crippen LogP contribution in [0.25, 0.3) is 0 Å². The smallest absolute Gasteiger partial charge is 0.150 e. The molecule has 1 aromatic heterocycles. The molecule has 1 saturated carbocycles. The van der Waals surface area contributed by atoms with Crippen LogP contribution in [0, 0.1) is 5.41 Å². The van der Waals surface area contributed by atoms with Gasteiger partial charge in [-0.2, -0.15) is 0 Å². The Balaban J connectivity index is 1.57. The highest BCUT2D eigenvalue weighted by atomic mass is 16.3. The first kappa shape index (κ1) is 14.4. The minimum absolute atomic E-state index is 0.0482. The molecule has 120 valence electrons. The molecule has 1 aliphatic carbocycles. The van der Waals surface area contributed by atoms with Crippen molar-refractivity contribution in [1.82, 2.24) is 20.3 Å². The van der Waals surface area contributed by atoms with Crippen molar-refractivity contribution in [3.8, 4) is 0 Å². The number of anilines is 1. The maximum Gasteiger partial charge on any atom is 0.150 e. The van der Waals surface area contributed by atoms with E-state index in [1.807, 2.05) is 13.2 Å². The lowest BCUT2D eigenvalue weighted by Gasteiger charge is -2.51. The van der Waals surface area contributed by atoms with Gasteiger partial charge in [-0.1, -0.05) is 12.8 Å². The van der Waals surface area contributed by atoms with Gasteiger partial charge >= 0.3 is 0 Å². The van der Waals surface area contributed by atoms with Gasteiger partial charge in [0.2, 0.25) is 0 Å². The van der Waals surface area contributed by atoms with Crippen molar-refractivity contribution in [2.24, 2.45) is 5.41 Å². The number of fused-ring (bicyclic) bond motifs is 1. The van der Waals surface area contributed by atoms with Gasteiger partial charge < -0.3 is 10.4 Å². The van der Waals surface area contributed by atoms with E-state index in [1.165, 1.54) is 12.8 Å². The van der Waals surface area contributed by atoms with Gasteiger partial charge in [0, 0.05) is 43.9 Å². The van der Waals surface area contributed by atoms with Crippen LogP contribution in [0.5, 0.6) is 0 Å². The zero-order chi connectivity index (χ0) is 15.2. The molecule has 0 aromatic carbocycles. The van der Waals surface area contributed by atoms with Crippen molar-refractivity contribution in [3.63, 3.8) is 0 Å². The number of nitrogens with zero attached hydrogens (tertiary/aromatic N) is 4. The number of hydrazine groups is 1. The molecule has 0 radical (unpaired) electrons. The van der Waals surface area contributed by atoms with Crippen molar-refractivity contribution >= 4 is 5.82 Å². The highest BCUT2D eigenvalue weighted by Gasteiger charge is 2.54. The molecule has 2 N–H and O–H groups in total. The zero-order valence-electron chi connectivity index (χ0n) is 13.3. The molecule has 3 aliphatic rings. The molecule has 0 bridgehead atoms. The highest BCUT2D eigenvalue weighted by molar-refractivity contribution is 5.47. The summed E-state index contributed by atoms with van der Waals surface area (Å²) in [6.45, 7) is 3.33. The molecule has 4 rings (SSSR count). The van der Waals surface area contributed by atoms with Crippen LogP contribution in [-0.4, -0.2) is 52.4 Å². The van der Waals surface area contributed by atoms with Crippen LogP contribution < -0.4 is 10.3 Å². The number of aliphatic hydroxyl groups is 1. The molecular formula is C16H25N5O. The third-order valence-corrected chi connectivity index (χ3v) is 6.02. The molecule has 0 amide bonds. The van der Waals surface area contributed by atoms with Crippen LogP contribution in [0.3, 0.4) is 0 Å².